The number of hydrogen-bond donors (Lipinski definition) is 2. The van der Waals surface area contributed by atoms with Gasteiger partial charge in [-0.3, -0.25) is 0 Å². The summed E-state index contributed by atoms with van der Waals surface area (Å²) in [6, 6.07) is 0. The van der Waals surface area contributed by atoms with Gasteiger partial charge in [0.05, 0.1) is 11.4 Å². The first-order valence-corrected chi connectivity index (χ1v) is 6.60. The average molecular weight is 238 g/mol. The van der Waals surface area contributed by atoms with E-state index in [0.29, 0.717) is 5.92 Å². The Morgan fingerprint density at radius 1 is 1.12 bits per heavy atom. The van der Waals surface area contributed by atoms with Gasteiger partial charge in [-0.1, -0.05) is 39.8 Å². The zero-order valence-corrected chi connectivity index (χ0v) is 12.4. The van der Waals surface area contributed by atoms with Crippen LogP contribution in [-0.2, 0) is 0 Å². The van der Waals surface area contributed by atoms with E-state index in [0.717, 1.165) is 24.4 Å². The second kappa shape index (κ2) is 12.9. The van der Waals surface area contributed by atoms with Crippen molar-refractivity contribution in [3.63, 3.8) is 0 Å². The third kappa shape index (κ3) is 11.1. The zero-order chi connectivity index (χ0) is 13.7. The topological polar surface area (TPSA) is 38.0 Å². The summed E-state index contributed by atoms with van der Waals surface area (Å²) in [6.45, 7) is 13.4. The van der Waals surface area contributed by atoms with Crippen LogP contribution in [0.5, 0.6) is 0 Å². The van der Waals surface area contributed by atoms with Crippen molar-refractivity contribution in [3.05, 3.63) is 35.7 Å². The summed E-state index contributed by atoms with van der Waals surface area (Å²) in [7, 11) is 0. The summed E-state index contributed by atoms with van der Waals surface area (Å²) in [6.07, 6.45) is 9.02. The van der Waals surface area contributed by atoms with Crippen molar-refractivity contribution in [2.24, 2.45) is 11.7 Å². The summed E-state index contributed by atoms with van der Waals surface area (Å²) < 4.78 is 0. The highest BCUT2D eigenvalue weighted by Gasteiger charge is 1.97. The van der Waals surface area contributed by atoms with Gasteiger partial charge in [-0.25, -0.2) is 0 Å². The van der Waals surface area contributed by atoms with Crippen LogP contribution in [0.1, 0.15) is 48.0 Å². The molecular formula is C15H30N2. The van der Waals surface area contributed by atoms with Crippen molar-refractivity contribution in [2.45, 2.75) is 48.0 Å². The third-order valence-electron chi connectivity index (χ3n) is 2.03. The molecule has 0 saturated heterocycles. The fourth-order valence-corrected chi connectivity index (χ4v) is 1.19. The van der Waals surface area contributed by atoms with Gasteiger partial charge in [0.25, 0.3) is 0 Å². The van der Waals surface area contributed by atoms with E-state index in [1.54, 1.807) is 0 Å². The molecule has 2 heteroatoms. The second-order valence-electron chi connectivity index (χ2n) is 3.98. The molecule has 0 radical (unpaired) electrons. The van der Waals surface area contributed by atoms with Gasteiger partial charge in [-0.05, 0) is 38.3 Å². The van der Waals surface area contributed by atoms with Crippen LogP contribution in [0, 0.1) is 5.92 Å². The SMILES string of the molecule is CC.C\C=C/C(N)=C(\C=C/C)NCCC(C)C. The molecule has 0 aliphatic heterocycles. The summed E-state index contributed by atoms with van der Waals surface area (Å²) in [5.74, 6) is 0.715. The average Bonchev–Trinajstić information content (AvgIpc) is 2.30. The van der Waals surface area contributed by atoms with Crippen LogP contribution in [0.15, 0.2) is 35.7 Å². The molecule has 0 unspecified atom stereocenters. The molecule has 0 atom stereocenters. The lowest BCUT2D eigenvalue weighted by Gasteiger charge is -2.10. The van der Waals surface area contributed by atoms with E-state index >= 15 is 0 Å². The Morgan fingerprint density at radius 3 is 2.06 bits per heavy atom. The highest BCUT2D eigenvalue weighted by Crippen LogP contribution is 2.02. The van der Waals surface area contributed by atoms with Crippen LogP contribution in [0.25, 0.3) is 0 Å². The standard InChI is InChI=1S/C13H24N2.C2H6/c1-5-7-12(14)13(8-6-2)15-10-9-11(3)4;1-2/h5-8,11,15H,9-10,14H2,1-4H3;1-2H3/b7-5-,8-6-,13-12-;. The van der Waals surface area contributed by atoms with E-state index in [4.69, 9.17) is 5.73 Å². The van der Waals surface area contributed by atoms with Gasteiger partial charge in [0.2, 0.25) is 0 Å². The van der Waals surface area contributed by atoms with Gasteiger partial charge in [0.1, 0.15) is 0 Å². The predicted octanol–water partition coefficient (Wildman–Crippen LogP) is 3.97. The van der Waals surface area contributed by atoms with E-state index in [1.807, 2.05) is 52.0 Å². The molecule has 0 aromatic rings. The van der Waals surface area contributed by atoms with Gasteiger partial charge in [-0.2, -0.15) is 0 Å². The molecule has 0 heterocycles. The second-order valence-corrected chi connectivity index (χ2v) is 3.98. The van der Waals surface area contributed by atoms with Gasteiger partial charge in [0.15, 0.2) is 0 Å². The van der Waals surface area contributed by atoms with Crippen molar-refractivity contribution in [2.75, 3.05) is 6.54 Å². The van der Waals surface area contributed by atoms with Crippen LogP contribution in [-0.4, -0.2) is 6.54 Å². The summed E-state index contributed by atoms with van der Waals surface area (Å²) in [4.78, 5) is 0. The molecule has 2 nitrogen and oxygen atoms in total. The number of allylic oxidation sites excluding steroid dienone is 4. The lowest BCUT2D eigenvalue weighted by atomic mass is 10.1. The smallest absolute Gasteiger partial charge is 0.0570 e. The van der Waals surface area contributed by atoms with Crippen LogP contribution >= 0.6 is 0 Å². The van der Waals surface area contributed by atoms with Gasteiger partial charge >= 0.3 is 0 Å². The maximum atomic E-state index is 5.91. The van der Waals surface area contributed by atoms with Crippen molar-refractivity contribution in [3.8, 4) is 0 Å². The first-order valence-electron chi connectivity index (χ1n) is 6.60. The van der Waals surface area contributed by atoms with E-state index in [2.05, 4.69) is 19.2 Å². The van der Waals surface area contributed by atoms with Crippen LogP contribution < -0.4 is 11.1 Å². The molecular weight excluding hydrogens is 208 g/mol. The highest BCUT2D eigenvalue weighted by atomic mass is 14.9. The van der Waals surface area contributed by atoms with E-state index in [-0.39, 0.29) is 0 Å². The first-order chi connectivity index (χ1) is 8.11. The molecule has 0 aromatic heterocycles. The largest absolute Gasteiger partial charge is 0.397 e. The maximum Gasteiger partial charge on any atom is 0.0570 e. The number of rotatable bonds is 6. The van der Waals surface area contributed by atoms with Gasteiger partial charge in [0, 0.05) is 6.54 Å². The van der Waals surface area contributed by atoms with Crippen LogP contribution in [0.3, 0.4) is 0 Å². The lowest BCUT2D eigenvalue weighted by molar-refractivity contribution is 0.565. The Kier molecular flexibility index (Phi) is 13.8. The summed E-state index contributed by atoms with van der Waals surface area (Å²) in [5.41, 5.74) is 7.71. The molecule has 17 heavy (non-hydrogen) atoms. The molecule has 3 N–H and O–H groups in total. The first kappa shape index (κ1) is 18.2. The van der Waals surface area contributed by atoms with Gasteiger partial charge in [-0.15, -0.1) is 0 Å². The Balaban J connectivity index is 0. The van der Waals surface area contributed by atoms with E-state index in [9.17, 15) is 0 Å². The molecule has 0 amide bonds. The Labute approximate surface area is 108 Å². The fraction of sp³-hybridized carbons (Fsp3) is 0.600. The molecule has 0 bridgehead atoms. The van der Waals surface area contributed by atoms with Crippen LogP contribution in [0.2, 0.25) is 0 Å². The predicted molar refractivity (Wildman–Crippen MR) is 79.6 cm³/mol. The van der Waals surface area contributed by atoms with Crippen molar-refractivity contribution in [1.82, 2.24) is 5.32 Å². The molecule has 100 valence electrons. The monoisotopic (exact) mass is 238 g/mol. The van der Waals surface area contributed by atoms with E-state index in [1.165, 1.54) is 0 Å². The van der Waals surface area contributed by atoms with Gasteiger partial charge < -0.3 is 11.1 Å². The minimum Gasteiger partial charge on any atom is -0.397 e. The Hall–Kier alpha value is -1.18. The normalized spacial score (nSPS) is 12.6. The summed E-state index contributed by atoms with van der Waals surface area (Å²) in [5, 5.41) is 3.35. The summed E-state index contributed by atoms with van der Waals surface area (Å²) >= 11 is 0. The third-order valence-corrected chi connectivity index (χ3v) is 2.03. The molecule has 0 saturated carbocycles. The van der Waals surface area contributed by atoms with Crippen molar-refractivity contribution in [1.29, 1.82) is 0 Å². The molecule has 0 rings (SSSR count). The number of nitrogens with two attached hydrogens (primary N) is 1. The molecule has 0 aliphatic carbocycles. The maximum absolute atomic E-state index is 5.91. The minimum atomic E-state index is 0.715. The molecule has 0 spiro atoms. The molecule has 0 aromatic carbocycles. The zero-order valence-electron chi connectivity index (χ0n) is 12.4. The highest BCUT2D eigenvalue weighted by molar-refractivity contribution is 5.29. The van der Waals surface area contributed by atoms with Crippen molar-refractivity contribution >= 4 is 0 Å². The minimum absolute atomic E-state index is 0.715. The van der Waals surface area contributed by atoms with Crippen molar-refractivity contribution < 1.29 is 0 Å². The number of nitrogens with one attached hydrogen (secondary N) is 1. The Morgan fingerprint density at radius 2 is 1.65 bits per heavy atom. The quantitative estimate of drug-likeness (QED) is 0.687. The number of hydrogen-bond acceptors (Lipinski definition) is 2. The fourth-order valence-electron chi connectivity index (χ4n) is 1.19. The molecule has 0 fully saturated rings. The van der Waals surface area contributed by atoms with E-state index < -0.39 is 0 Å². The molecule has 0 aliphatic rings. The lowest BCUT2D eigenvalue weighted by Crippen LogP contribution is -2.18. The Bertz CT molecular complexity index is 248. The van der Waals surface area contributed by atoms with Crippen LogP contribution in [0.4, 0.5) is 0 Å².